The first-order valence-electron chi connectivity index (χ1n) is 9.26. The molecule has 5 nitrogen and oxygen atoms in total. The van der Waals surface area contributed by atoms with Gasteiger partial charge in [-0.3, -0.25) is 4.79 Å². The van der Waals surface area contributed by atoms with Gasteiger partial charge in [-0.25, -0.2) is 13.8 Å². The number of nitrogens with zero attached hydrogens (tertiary/aromatic N) is 1. The molecule has 0 atom stereocenters. The highest BCUT2D eigenvalue weighted by Crippen LogP contribution is 2.10. The van der Waals surface area contributed by atoms with Gasteiger partial charge < -0.3 is 16.0 Å². The summed E-state index contributed by atoms with van der Waals surface area (Å²) < 4.78 is 26.5. The molecule has 2 rings (SSSR count). The van der Waals surface area contributed by atoms with Crippen molar-refractivity contribution in [2.45, 2.75) is 26.8 Å². The molecular formula is C21H26F2N4O. The highest BCUT2D eigenvalue weighted by Gasteiger charge is 2.04. The lowest BCUT2D eigenvalue weighted by atomic mass is 10.1. The second kappa shape index (κ2) is 11.0. The predicted molar refractivity (Wildman–Crippen MR) is 107 cm³/mol. The Kier molecular flexibility index (Phi) is 8.39. The van der Waals surface area contributed by atoms with Gasteiger partial charge in [0.05, 0.1) is 13.0 Å². The second-order valence-corrected chi connectivity index (χ2v) is 6.36. The van der Waals surface area contributed by atoms with Crippen LogP contribution in [0.15, 0.2) is 47.5 Å². The van der Waals surface area contributed by atoms with Crippen LogP contribution in [0.2, 0.25) is 0 Å². The average Bonchev–Trinajstić information content (AvgIpc) is 2.67. The number of amides is 1. The van der Waals surface area contributed by atoms with Crippen LogP contribution in [-0.4, -0.2) is 31.5 Å². The molecule has 0 unspecified atom stereocenters. The fourth-order valence-corrected chi connectivity index (χ4v) is 2.48. The van der Waals surface area contributed by atoms with Gasteiger partial charge in [-0.2, -0.15) is 0 Å². The highest BCUT2D eigenvalue weighted by molar-refractivity contribution is 5.80. The molecule has 2 aromatic carbocycles. The van der Waals surface area contributed by atoms with E-state index in [9.17, 15) is 13.6 Å². The maximum atomic E-state index is 13.6. The van der Waals surface area contributed by atoms with Gasteiger partial charge in [0.1, 0.15) is 11.6 Å². The minimum absolute atomic E-state index is 0.134. The molecule has 0 aliphatic rings. The SMILES string of the molecule is CCNC(=NCc1ccc(C)c(F)c1)NCCNC(=O)Cc1ccc(F)cc1. The summed E-state index contributed by atoms with van der Waals surface area (Å²) in [5.74, 6) is -0.103. The lowest BCUT2D eigenvalue weighted by molar-refractivity contribution is -0.120. The number of carbonyl (C=O) groups excluding carboxylic acids is 1. The predicted octanol–water partition coefficient (Wildman–Crippen LogP) is 2.69. The molecule has 0 aliphatic heterocycles. The molecule has 2 aromatic rings. The van der Waals surface area contributed by atoms with Gasteiger partial charge in [0.15, 0.2) is 5.96 Å². The first kappa shape index (κ1) is 21.3. The molecule has 28 heavy (non-hydrogen) atoms. The van der Waals surface area contributed by atoms with Crippen molar-refractivity contribution in [3.05, 3.63) is 70.8 Å². The number of hydrogen-bond acceptors (Lipinski definition) is 2. The standard InChI is InChI=1S/C21H26F2N4O/c1-3-24-21(27-14-17-5-4-15(2)19(23)12-17)26-11-10-25-20(28)13-16-6-8-18(22)9-7-16/h4-9,12H,3,10-11,13-14H2,1-2H3,(H,25,28)(H2,24,26,27). The van der Waals surface area contributed by atoms with Gasteiger partial charge in [0, 0.05) is 19.6 Å². The summed E-state index contributed by atoms with van der Waals surface area (Å²) in [5, 5.41) is 9.04. The largest absolute Gasteiger partial charge is 0.357 e. The Morgan fingerprint density at radius 1 is 0.964 bits per heavy atom. The zero-order chi connectivity index (χ0) is 20.4. The van der Waals surface area contributed by atoms with Gasteiger partial charge >= 0.3 is 0 Å². The number of guanidine groups is 1. The summed E-state index contributed by atoms with van der Waals surface area (Å²) in [6, 6.07) is 10.9. The van der Waals surface area contributed by atoms with E-state index in [0.717, 1.165) is 11.1 Å². The third-order valence-electron chi connectivity index (χ3n) is 4.02. The number of carbonyl (C=O) groups is 1. The minimum atomic E-state index is -0.322. The number of aryl methyl sites for hydroxylation is 1. The van der Waals surface area contributed by atoms with Gasteiger partial charge in [0.25, 0.3) is 0 Å². The van der Waals surface area contributed by atoms with Crippen molar-refractivity contribution in [2.75, 3.05) is 19.6 Å². The molecule has 0 aliphatic carbocycles. The Morgan fingerprint density at radius 2 is 1.64 bits per heavy atom. The minimum Gasteiger partial charge on any atom is -0.357 e. The van der Waals surface area contributed by atoms with Crippen molar-refractivity contribution < 1.29 is 13.6 Å². The maximum Gasteiger partial charge on any atom is 0.224 e. The molecule has 150 valence electrons. The van der Waals surface area contributed by atoms with E-state index in [4.69, 9.17) is 0 Å². The molecule has 0 radical (unpaired) electrons. The van der Waals surface area contributed by atoms with Crippen LogP contribution in [-0.2, 0) is 17.8 Å². The van der Waals surface area contributed by atoms with E-state index in [2.05, 4.69) is 20.9 Å². The van der Waals surface area contributed by atoms with Gasteiger partial charge in [-0.1, -0.05) is 24.3 Å². The second-order valence-electron chi connectivity index (χ2n) is 6.36. The molecule has 0 saturated heterocycles. The number of benzene rings is 2. The van der Waals surface area contributed by atoms with Crippen LogP contribution in [0.3, 0.4) is 0 Å². The van der Waals surface area contributed by atoms with Crippen LogP contribution in [0.4, 0.5) is 8.78 Å². The third-order valence-corrected chi connectivity index (χ3v) is 4.02. The third kappa shape index (κ3) is 7.34. The van der Waals surface area contributed by atoms with Crippen molar-refractivity contribution in [2.24, 2.45) is 4.99 Å². The van der Waals surface area contributed by atoms with Crippen molar-refractivity contribution in [1.29, 1.82) is 0 Å². The molecule has 0 spiro atoms. The van der Waals surface area contributed by atoms with Gasteiger partial charge in [-0.15, -0.1) is 0 Å². The molecule has 1 amide bonds. The number of halogens is 2. The zero-order valence-corrected chi connectivity index (χ0v) is 16.2. The number of hydrogen-bond donors (Lipinski definition) is 3. The summed E-state index contributed by atoms with van der Waals surface area (Å²) in [4.78, 5) is 16.4. The van der Waals surface area contributed by atoms with Crippen LogP contribution in [0.5, 0.6) is 0 Å². The van der Waals surface area contributed by atoms with Crippen molar-refractivity contribution in [3.8, 4) is 0 Å². The monoisotopic (exact) mass is 388 g/mol. The molecule has 0 aromatic heterocycles. The molecule has 0 saturated carbocycles. The Balaban J connectivity index is 1.76. The van der Waals surface area contributed by atoms with Crippen molar-refractivity contribution in [3.63, 3.8) is 0 Å². The van der Waals surface area contributed by atoms with E-state index in [0.29, 0.717) is 37.7 Å². The Labute approximate surface area is 164 Å². The summed E-state index contributed by atoms with van der Waals surface area (Å²) in [5.41, 5.74) is 2.15. The summed E-state index contributed by atoms with van der Waals surface area (Å²) >= 11 is 0. The Hall–Kier alpha value is -2.96. The van der Waals surface area contributed by atoms with E-state index in [1.54, 1.807) is 25.1 Å². The van der Waals surface area contributed by atoms with E-state index in [-0.39, 0.29) is 24.0 Å². The summed E-state index contributed by atoms with van der Waals surface area (Å²) in [6.45, 7) is 5.62. The highest BCUT2D eigenvalue weighted by atomic mass is 19.1. The fourth-order valence-electron chi connectivity index (χ4n) is 2.48. The topological polar surface area (TPSA) is 65.5 Å². The lowest BCUT2D eigenvalue weighted by Crippen LogP contribution is -2.41. The molecule has 7 heteroatoms. The molecule has 3 N–H and O–H groups in total. The molecule has 0 heterocycles. The van der Waals surface area contributed by atoms with Crippen molar-refractivity contribution >= 4 is 11.9 Å². The number of rotatable bonds is 8. The van der Waals surface area contributed by atoms with Crippen LogP contribution in [0, 0.1) is 18.6 Å². The van der Waals surface area contributed by atoms with Crippen LogP contribution in [0.1, 0.15) is 23.6 Å². The molecular weight excluding hydrogens is 362 g/mol. The van der Waals surface area contributed by atoms with Gasteiger partial charge in [-0.05, 0) is 48.7 Å². The van der Waals surface area contributed by atoms with E-state index < -0.39 is 0 Å². The summed E-state index contributed by atoms with van der Waals surface area (Å²) in [7, 11) is 0. The maximum absolute atomic E-state index is 13.6. The lowest BCUT2D eigenvalue weighted by Gasteiger charge is -2.12. The van der Waals surface area contributed by atoms with Crippen LogP contribution >= 0.6 is 0 Å². The van der Waals surface area contributed by atoms with Gasteiger partial charge in [0.2, 0.25) is 5.91 Å². The normalized spacial score (nSPS) is 11.2. The molecule has 0 bridgehead atoms. The van der Waals surface area contributed by atoms with E-state index in [1.165, 1.54) is 18.2 Å². The van der Waals surface area contributed by atoms with E-state index >= 15 is 0 Å². The molecule has 0 fully saturated rings. The average molecular weight is 388 g/mol. The zero-order valence-electron chi connectivity index (χ0n) is 16.2. The number of nitrogens with one attached hydrogen (secondary N) is 3. The smallest absolute Gasteiger partial charge is 0.224 e. The van der Waals surface area contributed by atoms with E-state index in [1.807, 2.05) is 13.0 Å². The first-order valence-corrected chi connectivity index (χ1v) is 9.26. The van der Waals surface area contributed by atoms with Crippen molar-refractivity contribution in [1.82, 2.24) is 16.0 Å². The summed E-state index contributed by atoms with van der Waals surface area (Å²) in [6.07, 6.45) is 0.202. The number of aliphatic imine (C=N–C) groups is 1. The van der Waals surface area contributed by atoms with Crippen LogP contribution < -0.4 is 16.0 Å². The first-order chi connectivity index (χ1) is 13.5. The fraction of sp³-hybridized carbons (Fsp3) is 0.333. The quantitative estimate of drug-likeness (QED) is 0.370. The Bertz CT molecular complexity index is 807. The Morgan fingerprint density at radius 3 is 2.32 bits per heavy atom. The van der Waals surface area contributed by atoms with Crippen LogP contribution in [0.25, 0.3) is 0 Å².